The number of hydrogen-bond acceptors (Lipinski definition) is 0. The van der Waals surface area contributed by atoms with Crippen molar-refractivity contribution >= 4 is 32.3 Å². The molecule has 8 aromatic carbocycles. The van der Waals surface area contributed by atoms with Gasteiger partial charge in [0, 0.05) is 0 Å². The summed E-state index contributed by atoms with van der Waals surface area (Å²) in [5.41, 5.74) is 10.0. The summed E-state index contributed by atoms with van der Waals surface area (Å²) in [7, 11) is 0. The van der Waals surface area contributed by atoms with Gasteiger partial charge in [0.1, 0.15) is 0 Å². The van der Waals surface area contributed by atoms with Crippen LogP contribution < -0.4 is 0 Å². The first-order valence-electron chi connectivity index (χ1n) is 14.5. The summed E-state index contributed by atoms with van der Waals surface area (Å²) in [6.07, 6.45) is 0. The largest absolute Gasteiger partial charge is 0.0622 e. The molecule has 0 spiro atoms. The molecule has 0 fully saturated rings. The van der Waals surface area contributed by atoms with E-state index in [4.69, 9.17) is 0 Å². The highest BCUT2D eigenvalue weighted by Gasteiger charge is 2.20. The van der Waals surface area contributed by atoms with Crippen LogP contribution in [0.4, 0.5) is 0 Å². The van der Waals surface area contributed by atoms with Crippen LogP contribution in [-0.4, -0.2) is 0 Å². The molecule has 42 heavy (non-hydrogen) atoms. The van der Waals surface area contributed by atoms with Crippen molar-refractivity contribution in [3.8, 4) is 44.5 Å². The second-order valence-corrected chi connectivity index (χ2v) is 10.9. The van der Waals surface area contributed by atoms with Gasteiger partial charge >= 0.3 is 0 Å². The number of benzene rings is 8. The first-order valence-corrected chi connectivity index (χ1v) is 14.5. The quantitative estimate of drug-likeness (QED) is 0.198. The van der Waals surface area contributed by atoms with E-state index >= 15 is 0 Å². The standard InChI is InChI=1S/C42H28/c1-3-14-29(15-4-1)32-26-27-39-40(28-32)42(35-22-10-9-21-33(35)30-16-5-2-6-17-30)38-24-12-11-23-37(38)41(39)36-25-13-19-31-18-7-8-20-34(31)36/h1-28H. The zero-order valence-electron chi connectivity index (χ0n) is 23.2. The van der Waals surface area contributed by atoms with Crippen molar-refractivity contribution in [3.05, 3.63) is 170 Å². The maximum absolute atomic E-state index is 2.41. The SMILES string of the molecule is c1ccc(-c2ccc3c(-c4cccc5ccccc45)c4ccccc4c(-c4ccccc4-c4ccccc4)c3c2)cc1. The van der Waals surface area contributed by atoms with Gasteiger partial charge in [0.2, 0.25) is 0 Å². The molecule has 0 saturated carbocycles. The third kappa shape index (κ3) is 4.00. The van der Waals surface area contributed by atoms with Gasteiger partial charge in [0.25, 0.3) is 0 Å². The Bertz CT molecular complexity index is 2220. The van der Waals surface area contributed by atoms with Gasteiger partial charge in [0.05, 0.1) is 0 Å². The van der Waals surface area contributed by atoms with Gasteiger partial charge in [-0.1, -0.05) is 164 Å². The average molecular weight is 533 g/mol. The lowest BCUT2D eigenvalue weighted by Crippen LogP contribution is -1.94. The van der Waals surface area contributed by atoms with Crippen LogP contribution in [0.5, 0.6) is 0 Å². The Balaban J connectivity index is 1.56. The lowest BCUT2D eigenvalue weighted by atomic mass is 9.82. The molecule has 0 atom stereocenters. The zero-order chi connectivity index (χ0) is 27.9. The summed E-state index contributed by atoms with van der Waals surface area (Å²) in [5.74, 6) is 0. The molecule has 8 aromatic rings. The third-order valence-electron chi connectivity index (χ3n) is 8.47. The van der Waals surface area contributed by atoms with E-state index in [1.54, 1.807) is 0 Å². The van der Waals surface area contributed by atoms with Gasteiger partial charge < -0.3 is 0 Å². The molecule has 0 saturated heterocycles. The van der Waals surface area contributed by atoms with Crippen molar-refractivity contribution < 1.29 is 0 Å². The molecule has 0 nitrogen and oxygen atoms in total. The van der Waals surface area contributed by atoms with Crippen LogP contribution in [0.3, 0.4) is 0 Å². The Morgan fingerprint density at radius 1 is 0.238 bits per heavy atom. The van der Waals surface area contributed by atoms with Crippen molar-refractivity contribution in [1.29, 1.82) is 0 Å². The summed E-state index contributed by atoms with van der Waals surface area (Å²) in [6, 6.07) is 61.7. The first-order chi connectivity index (χ1) is 20.9. The number of fused-ring (bicyclic) bond motifs is 3. The van der Waals surface area contributed by atoms with Crippen molar-refractivity contribution in [2.45, 2.75) is 0 Å². The molecule has 0 N–H and O–H groups in total. The molecule has 0 aliphatic carbocycles. The van der Waals surface area contributed by atoms with Crippen LogP contribution in [0.15, 0.2) is 170 Å². The Labute approximate surface area is 246 Å². The molecule has 0 unspecified atom stereocenters. The number of rotatable bonds is 4. The monoisotopic (exact) mass is 532 g/mol. The maximum Gasteiger partial charge on any atom is -0.00199 e. The van der Waals surface area contributed by atoms with Crippen molar-refractivity contribution in [1.82, 2.24) is 0 Å². The van der Waals surface area contributed by atoms with Crippen molar-refractivity contribution in [2.24, 2.45) is 0 Å². The second-order valence-electron chi connectivity index (χ2n) is 10.9. The van der Waals surface area contributed by atoms with Crippen LogP contribution in [0.1, 0.15) is 0 Å². The summed E-state index contributed by atoms with van der Waals surface area (Å²) in [5, 5.41) is 7.60. The van der Waals surface area contributed by atoms with Gasteiger partial charge in [-0.2, -0.15) is 0 Å². The molecular formula is C42H28. The lowest BCUT2D eigenvalue weighted by Gasteiger charge is -2.21. The van der Waals surface area contributed by atoms with E-state index < -0.39 is 0 Å². The molecule has 0 amide bonds. The molecule has 0 heterocycles. The Hall–Kier alpha value is -5.46. The van der Waals surface area contributed by atoms with Crippen molar-refractivity contribution in [2.75, 3.05) is 0 Å². The molecule has 196 valence electrons. The average Bonchev–Trinajstić information content (AvgIpc) is 3.07. The van der Waals surface area contributed by atoms with Crippen LogP contribution in [0, 0.1) is 0 Å². The van der Waals surface area contributed by atoms with E-state index in [1.807, 2.05) is 0 Å². The lowest BCUT2D eigenvalue weighted by molar-refractivity contribution is 1.60. The van der Waals surface area contributed by atoms with Crippen LogP contribution in [-0.2, 0) is 0 Å². The highest BCUT2D eigenvalue weighted by Crippen LogP contribution is 2.48. The van der Waals surface area contributed by atoms with Crippen LogP contribution in [0.2, 0.25) is 0 Å². The minimum Gasteiger partial charge on any atom is -0.0622 e. The summed E-state index contributed by atoms with van der Waals surface area (Å²) >= 11 is 0. The van der Waals surface area contributed by atoms with E-state index in [9.17, 15) is 0 Å². The minimum absolute atomic E-state index is 1.22. The molecule has 0 aromatic heterocycles. The van der Waals surface area contributed by atoms with E-state index in [0.717, 1.165) is 0 Å². The van der Waals surface area contributed by atoms with Crippen molar-refractivity contribution in [3.63, 3.8) is 0 Å². The van der Waals surface area contributed by atoms with E-state index in [-0.39, 0.29) is 0 Å². The number of hydrogen-bond donors (Lipinski definition) is 0. The third-order valence-corrected chi connectivity index (χ3v) is 8.47. The fraction of sp³-hybridized carbons (Fsp3) is 0. The van der Waals surface area contributed by atoms with Gasteiger partial charge in [-0.15, -0.1) is 0 Å². The molecule has 0 aliphatic heterocycles. The van der Waals surface area contributed by atoms with Crippen LogP contribution >= 0.6 is 0 Å². The second kappa shape index (κ2) is 10.2. The normalized spacial score (nSPS) is 11.3. The van der Waals surface area contributed by atoms with Gasteiger partial charge in [0.15, 0.2) is 0 Å². The topological polar surface area (TPSA) is 0 Å². The van der Waals surface area contributed by atoms with Gasteiger partial charge in [-0.3, -0.25) is 0 Å². The molecule has 8 rings (SSSR count). The van der Waals surface area contributed by atoms with Gasteiger partial charge in [-0.05, 0) is 82.9 Å². The fourth-order valence-electron chi connectivity index (χ4n) is 6.58. The molecular weight excluding hydrogens is 504 g/mol. The predicted molar refractivity (Wildman–Crippen MR) is 181 cm³/mol. The fourth-order valence-corrected chi connectivity index (χ4v) is 6.58. The summed E-state index contributed by atoms with van der Waals surface area (Å²) < 4.78 is 0. The maximum atomic E-state index is 2.41. The molecule has 0 bridgehead atoms. The van der Waals surface area contributed by atoms with Crippen LogP contribution in [0.25, 0.3) is 76.8 Å². The molecule has 0 radical (unpaired) electrons. The highest BCUT2D eigenvalue weighted by molar-refractivity contribution is 6.24. The summed E-state index contributed by atoms with van der Waals surface area (Å²) in [6.45, 7) is 0. The Morgan fingerprint density at radius 3 is 1.48 bits per heavy atom. The highest BCUT2D eigenvalue weighted by atomic mass is 14.2. The van der Waals surface area contributed by atoms with E-state index in [1.165, 1.54) is 76.8 Å². The van der Waals surface area contributed by atoms with E-state index in [2.05, 4.69) is 170 Å². The Morgan fingerprint density at radius 2 is 0.738 bits per heavy atom. The zero-order valence-corrected chi connectivity index (χ0v) is 23.2. The van der Waals surface area contributed by atoms with Gasteiger partial charge in [-0.25, -0.2) is 0 Å². The summed E-state index contributed by atoms with van der Waals surface area (Å²) in [4.78, 5) is 0. The smallest absolute Gasteiger partial charge is 0.00199 e. The molecule has 0 heteroatoms. The molecule has 0 aliphatic rings. The van der Waals surface area contributed by atoms with E-state index in [0.29, 0.717) is 0 Å². The minimum atomic E-state index is 1.22. The predicted octanol–water partition coefficient (Wildman–Crippen LogP) is 11.8. The first kappa shape index (κ1) is 24.3. The Kier molecular flexibility index (Phi) is 5.90.